The molecule has 0 aliphatic carbocycles. The SMILES string of the molecule is CC(C)C(NCC(C)(O)c1ccsc1)c1ccc(F)cn1. The highest BCUT2D eigenvalue weighted by molar-refractivity contribution is 7.08. The monoisotopic (exact) mass is 308 g/mol. The topological polar surface area (TPSA) is 45.1 Å². The van der Waals surface area contributed by atoms with Crippen molar-refractivity contribution in [1.29, 1.82) is 0 Å². The molecular weight excluding hydrogens is 287 g/mol. The van der Waals surface area contributed by atoms with Gasteiger partial charge in [-0.25, -0.2) is 4.39 Å². The lowest BCUT2D eigenvalue weighted by Crippen LogP contribution is -2.39. The van der Waals surface area contributed by atoms with Crippen molar-refractivity contribution in [2.75, 3.05) is 6.54 Å². The van der Waals surface area contributed by atoms with Gasteiger partial charge in [-0.3, -0.25) is 4.98 Å². The molecular formula is C16H21FN2OS. The predicted octanol–water partition coefficient (Wildman–Crippen LogP) is 3.48. The summed E-state index contributed by atoms with van der Waals surface area (Å²) in [5, 5.41) is 17.8. The molecule has 0 aromatic carbocycles. The van der Waals surface area contributed by atoms with E-state index in [0.29, 0.717) is 6.54 Å². The van der Waals surface area contributed by atoms with Gasteiger partial charge < -0.3 is 10.4 Å². The van der Waals surface area contributed by atoms with Crippen LogP contribution in [0.15, 0.2) is 35.2 Å². The molecule has 21 heavy (non-hydrogen) atoms. The van der Waals surface area contributed by atoms with Crippen LogP contribution in [0, 0.1) is 11.7 Å². The van der Waals surface area contributed by atoms with Crippen LogP contribution in [0.1, 0.15) is 38.1 Å². The van der Waals surface area contributed by atoms with E-state index in [1.165, 1.54) is 12.3 Å². The van der Waals surface area contributed by atoms with E-state index in [4.69, 9.17) is 0 Å². The molecule has 0 saturated carbocycles. The van der Waals surface area contributed by atoms with E-state index in [9.17, 15) is 9.50 Å². The lowest BCUT2D eigenvalue weighted by molar-refractivity contribution is 0.0521. The molecule has 2 rings (SSSR count). The van der Waals surface area contributed by atoms with E-state index in [1.54, 1.807) is 24.3 Å². The maximum atomic E-state index is 13.0. The Morgan fingerprint density at radius 2 is 2.14 bits per heavy atom. The molecule has 0 aliphatic rings. The van der Waals surface area contributed by atoms with Gasteiger partial charge in [-0.1, -0.05) is 13.8 Å². The number of rotatable bonds is 6. The Kier molecular flexibility index (Phi) is 5.08. The average molecular weight is 308 g/mol. The number of nitrogens with zero attached hydrogens (tertiary/aromatic N) is 1. The van der Waals surface area contributed by atoms with Gasteiger partial charge in [0.2, 0.25) is 0 Å². The van der Waals surface area contributed by atoms with Gasteiger partial charge in [0.05, 0.1) is 17.9 Å². The van der Waals surface area contributed by atoms with Crippen LogP contribution in [-0.4, -0.2) is 16.6 Å². The first kappa shape index (κ1) is 16.1. The van der Waals surface area contributed by atoms with Gasteiger partial charge in [0.1, 0.15) is 11.4 Å². The van der Waals surface area contributed by atoms with E-state index >= 15 is 0 Å². The Bertz CT molecular complexity index is 552. The summed E-state index contributed by atoms with van der Waals surface area (Å²) >= 11 is 1.56. The predicted molar refractivity (Wildman–Crippen MR) is 83.7 cm³/mol. The Hall–Kier alpha value is -1.30. The van der Waals surface area contributed by atoms with E-state index < -0.39 is 5.60 Å². The summed E-state index contributed by atoms with van der Waals surface area (Å²) in [4.78, 5) is 4.15. The van der Waals surface area contributed by atoms with Crippen molar-refractivity contribution in [2.24, 2.45) is 5.92 Å². The van der Waals surface area contributed by atoms with Crippen LogP contribution in [0.25, 0.3) is 0 Å². The highest BCUT2D eigenvalue weighted by Crippen LogP contribution is 2.25. The summed E-state index contributed by atoms with van der Waals surface area (Å²) < 4.78 is 13.0. The summed E-state index contributed by atoms with van der Waals surface area (Å²) in [5.41, 5.74) is 0.745. The standard InChI is InChI=1S/C16H21FN2OS/c1-11(2)15(14-5-4-13(17)8-18-14)19-10-16(3,20)12-6-7-21-9-12/h4-9,11,15,19-20H,10H2,1-3H3. The van der Waals surface area contributed by atoms with Crippen LogP contribution in [0.4, 0.5) is 4.39 Å². The van der Waals surface area contributed by atoms with Gasteiger partial charge in [-0.15, -0.1) is 0 Å². The number of thiophene rings is 1. The molecule has 0 saturated heterocycles. The van der Waals surface area contributed by atoms with Crippen LogP contribution in [0.2, 0.25) is 0 Å². The average Bonchev–Trinajstić information content (AvgIpc) is 2.95. The molecule has 2 aromatic heterocycles. The van der Waals surface area contributed by atoms with Crippen LogP contribution in [0.3, 0.4) is 0 Å². The minimum atomic E-state index is -0.937. The Morgan fingerprint density at radius 3 is 2.67 bits per heavy atom. The molecule has 0 spiro atoms. The minimum absolute atomic E-state index is 0.0317. The summed E-state index contributed by atoms with van der Waals surface area (Å²) in [6.45, 7) is 6.34. The van der Waals surface area contributed by atoms with Crippen molar-refractivity contribution in [1.82, 2.24) is 10.3 Å². The zero-order valence-electron chi connectivity index (χ0n) is 12.5. The second-order valence-electron chi connectivity index (χ2n) is 5.79. The summed E-state index contributed by atoms with van der Waals surface area (Å²) in [6, 6.07) is 4.99. The Morgan fingerprint density at radius 1 is 1.38 bits per heavy atom. The number of pyridine rings is 1. The third-order valence-electron chi connectivity index (χ3n) is 3.54. The first-order valence-electron chi connectivity index (χ1n) is 7.00. The van der Waals surface area contributed by atoms with Crippen LogP contribution in [0.5, 0.6) is 0 Å². The van der Waals surface area contributed by atoms with E-state index in [-0.39, 0.29) is 17.8 Å². The van der Waals surface area contributed by atoms with E-state index in [2.05, 4.69) is 24.1 Å². The molecule has 0 aliphatic heterocycles. The number of aliphatic hydroxyl groups is 1. The van der Waals surface area contributed by atoms with Gasteiger partial charge in [0, 0.05) is 6.54 Å². The fourth-order valence-electron chi connectivity index (χ4n) is 2.23. The normalized spacial score (nSPS) is 15.9. The maximum absolute atomic E-state index is 13.0. The fourth-order valence-corrected chi connectivity index (χ4v) is 3.02. The highest BCUT2D eigenvalue weighted by Gasteiger charge is 2.26. The maximum Gasteiger partial charge on any atom is 0.141 e. The van der Waals surface area contributed by atoms with Crippen molar-refractivity contribution in [3.05, 3.63) is 52.2 Å². The number of hydrogen-bond acceptors (Lipinski definition) is 4. The van der Waals surface area contributed by atoms with Gasteiger partial charge in [0.25, 0.3) is 0 Å². The molecule has 0 radical (unpaired) electrons. The molecule has 0 amide bonds. The number of aromatic nitrogens is 1. The lowest BCUT2D eigenvalue weighted by Gasteiger charge is -2.28. The van der Waals surface area contributed by atoms with Crippen LogP contribution < -0.4 is 5.32 Å². The molecule has 2 aromatic rings. The molecule has 2 atom stereocenters. The molecule has 2 unspecified atom stereocenters. The summed E-state index contributed by atoms with van der Waals surface area (Å²) in [7, 11) is 0. The highest BCUT2D eigenvalue weighted by atomic mass is 32.1. The van der Waals surface area contributed by atoms with Crippen molar-refractivity contribution >= 4 is 11.3 Å². The smallest absolute Gasteiger partial charge is 0.141 e. The van der Waals surface area contributed by atoms with Crippen LogP contribution in [-0.2, 0) is 5.60 Å². The van der Waals surface area contributed by atoms with Gasteiger partial charge in [-0.2, -0.15) is 11.3 Å². The van der Waals surface area contributed by atoms with Crippen molar-refractivity contribution in [3.8, 4) is 0 Å². The lowest BCUT2D eigenvalue weighted by atomic mass is 9.96. The Labute approximate surface area is 128 Å². The molecule has 5 heteroatoms. The quantitative estimate of drug-likeness (QED) is 0.859. The molecule has 0 bridgehead atoms. The summed E-state index contributed by atoms with van der Waals surface area (Å²) in [5.74, 6) is -0.0623. The van der Waals surface area contributed by atoms with Crippen molar-refractivity contribution in [2.45, 2.75) is 32.4 Å². The number of hydrogen-bond donors (Lipinski definition) is 2. The summed E-state index contributed by atoms with van der Waals surface area (Å²) in [6.07, 6.45) is 1.23. The third kappa shape index (κ3) is 4.09. The first-order chi connectivity index (χ1) is 9.90. The minimum Gasteiger partial charge on any atom is -0.384 e. The van der Waals surface area contributed by atoms with Crippen molar-refractivity contribution < 1.29 is 9.50 Å². The number of nitrogens with one attached hydrogen (secondary N) is 1. The van der Waals surface area contributed by atoms with Gasteiger partial charge in [0.15, 0.2) is 0 Å². The molecule has 0 fully saturated rings. The molecule has 114 valence electrons. The van der Waals surface area contributed by atoms with Gasteiger partial charge >= 0.3 is 0 Å². The largest absolute Gasteiger partial charge is 0.384 e. The number of halogens is 1. The fraction of sp³-hybridized carbons (Fsp3) is 0.438. The molecule has 2 heterocycles. The first-order valence-corrected chi connectivity index (χ1v) is 7.94. The second kappa shape index (κ2) is 6.64. The van der Waals surface area contributed by atoms with Gasteiger partial charge in [-0.05, 0) is 47.4 Å². The Balaban J connectivity index is 2.09. The van der Waals surface area contributed by atoms with E-state index in [1.807, 2.05) is 16.8 Å². The molecule has 3 nitrogen and oxygen atoms in total. The zero-order chi connectivity index (χ0) is 15.5. The molecule has 2 N–H and O–H groups in total. The third-order valence-corrected chi connectivity index (χ3v) is 4.23. The second-order valence-corrected chi connectivity index (χ2v) is 6.57. The van der Waals surface area contributed by atoms with Crippen LogP contribution >= 0.6 is 11.3 Å². The zero-order valence-corrected chi connectivity index (χ0v) is 13.3. The van der Waals surface area contributed by atoms with Crippen molar-refractivity contribution in [3.63, 3.8) is 0 Å². The van der Waals surface area contributed by atoms with E-state index in [0.717, 1.165) is 11.3 Å².